The lowest BCUT2D eigenvalue weighted by Crippen LogP contribution is -1.96. The van der Waals surface area contributed by atoms with E-state index in [0.717, 1.165) is 0 Å². The molecular formula is C10H10BrFO2S. The summed E-state index contributed by atoms with van der Waals surface area (Å²) < 4.78 is 14.0. The molecule has 0 saturated heterocycles. The summed E-state index contributed by atoms with van der Waals surface area (Å²) >= 11 is 4.59. The maximum Gasteiger partial charge on any atom is 0.304 e. The predicted molar refractivity (Wildman–Crippen MR) is 62.5 cm³/mol. The van der Waals surface area contributed by atoms with E-state index in [1.165, 1.54) is 17.8 Å². The second-order valence-electron chi connectivity index (χ2n) is 2.93. The Morgan fingerprint density at radius 2 is 2.27 bits per heavy atom. The summed E-state index contributed by atoms with van der Waals surface area (Å²) in [6, 6.07) is 4.89. The van der Waals surface area contributed by atoms with Gasteiger partial charge in [0, 0.05) is 16.0 Å². The van der Waals surface area contributed by atoms with Gasteiger partial charge in [-0.3, -0.25) is 4.79 Å². The monoisotopic (exact) mass is 292 g/mol. The van der Waals surface area contributed by atoms with Crippen molar-refractivity contribution in [3.8, 4) is 0 Å². The van der Waals surface area contributed by atoms with Crippen LogP contribution in [0.15, 0.2) is 22.7 Å². The van der Waals surface area contributed by atoms with Crippen molar-refractivity contribution < 1.29 is 14.3 Å². The highest BCUT2D eigenvalue weighted by atomic mass is 79.9. The van der Waals surface area contributed by atoms with Crippen LogP contribution in [0, 0.1) is 5.82 Å². The van der Waals surface area contributed by atoms with Gasteiger partial charge in [-0.2, -0.15) is 11.8 Å². The van der Waals surface area contributed by atoms with Crippen molar-refractivity contribution in [2.75, 3.05) is 5.75 Å². The van der Waals surface area contributed by atoms with E-state index in [0.29, 0.717) is 21.5 Å². The zero-order chi connectivity index (χ0) is 11.3. The average Bonchev–Trinajstić information content (AvgIpc) is 2.14. The molecule has 15 heavy (non-hydrogen) atoms. The van der Waals surface area contributed by atoms with Crippen LogP contribution in [0.5, 0.6) is 0 Å². The van der Waals surface area contributed by atoms with E-state index in [1.54, 1.807) is 12.1 Å². The average molecular weight is 293 g/mol. The van der Waals surface area contributed by atoms with Gasteiger partial charge in [0.15, 0.2) is 0 Å². The van der Waals surface area contributed by atoms with Crippen molar-refractivity contribution in [2.45, 2.75) is 12.2 Å². The molecule has 0 unspecified atom stereocenters. The number of hydrogen-bond acceptors (Lipinski definition) is 2. The summed E-state index contributed by atoms with van der Waals surface area (Å²) in [6.07, 6.45) is 0.114. The smallest absolute Gasteiger partial charge is 0.304 e. The molecule has 0 fully saturated rings. The van der Waals surface area contributed by atoms with Crippen LogP contribution in [0.2, 0.25) is 0 Å². The zero-order valence-corrected chi connectivity index (χ0v) is 10.3. The molecule has 5 heteroatoms. The van der Waals surface area contributed by atoms with Crippen LogP contribution in [-0.2, 0) is 10.5 Å². The first kappa shape index (κ1) is 12.5. The van der Waals surface area contributed by atoms with E-state index in [2.05, 4.69) is 15.9 Å². The summed E-state index contributed by atoms with van der Waals surface area (Å²) in [5, 5.41) is 8.41. The number of carboxylic acids is 1. The van der Waals surface area contributed by atoms with Gasteiger partial charge in [-0.25, -0.2) is 4.39 Å². The molecule has 1 N–H and O–H groups in total. The largest absolute Gasteiger partial charge is 0.481 e. The molecule has 0 radical (unpaired) electrons. The van der Waals surface area contributed by atoms with Crippen LogP contribution in [0.3, 0.4) is 0 Å². The standard InChI is InChI=1S/C10H10BrFO2S/c11-8-2-1-7(9(12)5-8)6-15-4-3-10(13)14/h1-2,5H,3-4,6H2,(H,13,14). The van der Waals surface area contributed by atoms with Crippen LogP contribution in [0.1, 0.15) is 12.0 Å². The molecule has 0 saturated carbocycles. The fourth-order valence-corrected chi connectivity index (χ4v) is 2.23. The van der Waals surface area contributed by atoms with E-state index in [4.69, 9.17) is 5.11 Å². The van der Waals surface area contributed by atoms with Crippen LogP contribution < -0.4 is 0 Å². The highest BCUT2D eigenvalue weighted by Gasteiger charge is 2.03. The molecular weight excluding hydrogens is 283 g/mol. The number of hydrogen-bond donors (Lipinski definition) is 1. The molecule has 0 aromatic heterocycles. The summed E-state index contributed by atoms with van der Waals surface area (Å²) in [5.41, 5.74) is 0.605. The maximum atomic E-state index is 13.3. The highest BCUT2D eigenvalue weighted by molar-refractivity contribution is 9.10. The van der Waals surface area contributed by atoms with Crippen molar-refractivity contribution in [1.82, 2.24) is 0 Å². The first-order valence-corrected chi connectivity index (χ1v) is 6.28. The van der Waals surface area contributed by atoms with Crippen LogP contribution in [0.4, 0.5) is 4.39 Å². The van der Waals surface area contributed by atoms with E-state index in [9.17, 15) is 9.18 Å². The van der Waals surface area contributed by atoms with Crippen molar-refractivity contribution in [1.29, 1.82) is 0 Å². The van der Waals surface area contributed by atoms with E-state index < -0.39 is 5.97 Å². The molecule has 82 valence electrons. The molecule has 0 atom stereocenters. The molecule has 0 amide bonds. The Morgan fingerprint density at radius 3 is 2.87 bits per heavy atom. The molecule has 1 aromatic carbocycles. The Balaban J connectivity index is 2.40. The molecule has 2 nitrogen and oxygen atoms in total. The van der Waals surface area contributed by atoms with Gasteiger partial charge in [0.25, 0.3) is 0 Å². The number of halogens is 2. The van der Waals surface area contributed by atoms with Gasteiger partial charge in [-0.15, -0.1) is 0 Å². The zero-order valence-electron chi connectivity index (χ0n) is 7.87. The lowest BCUT2D eigenvalue weighted by Gasteiger charge is -2.02. The Hall–Kier alpha value is -0.550. The second kappa shape index (κ2) is 6.12. The Morgan fingerprint density at radius 1 is 1.53 bits per heavy atom. The summed E-state index contributed by atoms with van der Waals surface area (Å²) in [4.78, 5) is 10.2. The third kappa shape index (κ3) is 4.66. The topological polar surface area (TPSA) is 37.3 Å². The number of aliphatic carboxylic acids is 1. The van der Waals surface area contributed by atoms with Gasteiger partial charge in [-0.1, -0.05) is 22.0 Å². The highest BCUT2D eigenvalue weighted by Crippen LogP contribution is 2.20. The van der Waals surface area contributed by atoms with Gasteiger partial charge in [0.1, 0.15) is 5.82 Å². The van der Waals surface area contributed by atoms with Crippen molar-refractivity contribution in [2.24, 2.45) is 0 Å². The molecule has 0 spiro atoms. The Kier molecular flexibility index (Phi) is 5.11. The third-order valence-electron chi connectivity index (χ3n) is 1.73. The Bertz CT molecular complexity index is 357. The van der Waals surface area contributed by atoms with E-state index in [1.807, 2.05) is 0 Å². The number of rotatable bonds is 5. The van der Waals surface area contributed by atoms with Crippen molar-refractivity contribution in [3.05, 3.63) is 34.1 Å². The third-order valence-corrected chi connectivity index (χ3v) is 3.23. The minimum Gasteiger partial charge on any atom is -0.481 e. The minimum atomic E-state index is -0.821. The van der Waals surface area contributed by atoms with E-state index in [-0.39, 0.29) is 12.2 Å². The van der Waals surface area contributed by atoms with Gasteiger partial charge in [0.2, 0.25) is 0 Å². The molecule has 0 bridgehead atoms. The molecule has 0 aliphatic carbocycles. The predicted octanol–water partition coefficient (Wildman–Crippen LogP) is 3.30. The lowest BCUT2D eigenvalue weighted by atomic mass is 10.2. The summed E-state index contributed by atoms with van der Waals surface area (Å²) in [6.45, 7) is 0. The van der Waals surface area contributed by atoms with Crippen LogP contribution >= 0.6 is 27.7 Å². The van der Waals surface area contributed by atoms with Crippen molar-refractivity contribution in [3.63, 3.8) is 0 Å². The maximum absolute atomic E-state index is 13.3. The minimum absolute atomic E-state index is 0.114. The number of carbonyl (C=O) groups is 1. The van der Waals surface area contributed by atoms with Gasteiger partial charge in [0.05, 0.1) is 6.42 Å². The van der Waals surface area contributed by atoms with E-state index >= 15 is 0 Å². The number of thioether (sulfide) groups is 1. The SMILES string of the molecule is O=C(O)CCSCc1ccc(Br)cc1F. The second-order valence-corrected chi connectivity index (χ2v) is 4.95. The summed E-state index contributed by atoms with van der Waals surface area (Å²) in [5.74, 6) is -0.0667. The summed E-state index contributed by atoms with van der Waals surface area (Å²) in [7, 11) is 0. The van der Waals surface area contributed by atoms with Gasteiger partial charge in [-0.05, 0) is 17.7 Å². The lowest BCUT2D eigenvalue weighted by molar-refractivity contribution is -0.136. The first-order valence-electron chi connectivity index (χ1n) is 4.33. The Labute approximate surface area is 100 Å². The fourth-order valence-electron chi connectivity index (χ4n) is 0.980. The van der Waals surface area contributed by atoms with Gasteiger partial charge >= 0.3 is 5.97 Å². The molecule has 1 rings (SSSR count). The van der Waals surface area contributed by atoms with Crippen LogP contribution in [0.25, 0.3) is 0 Å². The molecule has 0 heterocycles. The molecule has 0 aliphatic heterocycles. The van der Waals surface area contributed by atoms with Gasteiger partial charge < -0.3 is 5.11 Å². The normalized spacial score (nSPS) is 10.3. The molecule has 1 aromatic rings. The molecule has 0 aliphatic rings. The number of carboxylic acid groups (broad SMARTS) is 1. The van der Waals surface area contributed by atoms with Crippen molar-refractivity contribution >= 4 is 33.7 Å². The fraction of sp³-hybridized carbons (Fsp3) is 0.300. The number of benzene rings is 1. The van der Waals surface area contributed by atoms with Crippen LogP contribution in [-0.4, -0.2) is 16.8 Å². The first-order chi connectivity index (χ1) is 7.09. The quantitative estimate of drug-likeness (QED) is 0.846.